The number of pyridine rings is 1. The Morgan fingerprint density at radius 3 is 2.59 bits per heavy atom. The van der Waals surface area contributed by atoms with Crippen molar-refractivity contribution in [1.29, 1.82) is 0 Å². The number of carbonyl (C=O) groups excluding carboxylic acids is 1. The molecule has 0 fully saturated rings. The fourth-order valence-electron chi connectivity index (χ4n) is 2.23. The summed E-state index contributed by atoms with van der Waals surface area (Å²) in [5, 5.41) is 3.77. The number of hydrogen-bond acceptors (Lipinski definition) is 4. The number of rotatable bonds is 4. The van der Waals surface area contributed by atoms with Crippen molar-refractivity contribution in [3.63, 3.8) is 0 Å². The van der Waals surface area contributed by atoms with Crippen molar-refractivity contribution >= 4 is 17.2 Å². The third kappa shape index (κ3) is 3.44. The minimum Gasteiger partial charge on any atom is -0.347 e. The minimum atomic E-state index is -0.179. The highest BCUT2D eigenvalue weighted by Crippen LogP contribution is 2.24. The molecular formula is C16H21N3O2S. The molecule has 0 spiro atoms. The van der Waals surface area contributed by atoms with E-state index in [1.54, 1.807) is 0 Å². The summed E-state index contributed by atoms with van der Waals surface area (Å²) in [5.74, 6) is 0.119. The van der Waals surface area contributed by atoms with Gasteiger partial charge in [0.1, 0.15) is 4.88 Å². The normalized spacial score (nSPS) is 11.0. The number of hydrogen-bond donors (Lipinski definition) is 2. The van der Waals surface area contributed by atoms with Crippen LogP contribution in [0.5, 0.6) is 0 Å². The second-order valence-corrected chi connectivity index (χ2v) is 6.78. The quantitative estimate of drug-likeness (QED) is 0.910. The predicted octanol–water partition coefficient (Wildman–Crippen LogP) is 2.81. The molecular weight excluding hydrogens is 298 g/mol. The van der Waals surface area contributed by atoms with E-state index in [0.29, 0.717) is 16.4 Å². The molecule has 1 amide bonds. The van der Waals surface area contributed by atoms with E-state index < -0.39 is 0 Å². The molecule has 0 atom stereocenters. The second kappa shape index (κ2) is 6.44. The molecule has 0 aromatic carbocycles. The van der Waals surface area contributed by atoms with Gasteiger partial charge in [-0.05, 0) is 32.4 Å². The molecule has 5 nitrogen and oxygen atoms in total. The molecule has 0 saturated carbocycles. The average Bonchev–Trinajstić information content (AvgIpc) is 2.79. The van der Waals surface area contributed by atoms with Crippen LogP contribution in [0.25, 0.3) is 0 Å². The molecule has 0 aliphatic rings. The van der Waals surface area contributed by atoms with E-state index in [9.17, 15) is 9.59 Å². The molecule has 2 heterocycles. The van der Waals surface area contributed by atoms with E-state index in [-0.39, 0.29) is 18.0 Å². The van der Waals surface area contributed by atoms with Gasteiger partial charge in [0.05, 0.1) is 10.7 Å². The molecule has 2 N–H and O–H groups in total. The fraction of sp³-hybridized carbons (Fsp3) is 0.438. The van der Waals surface area contributed by atoms with Crippen LogP contribution in [0.15, 0.2) is 10.9 Å². The zero-order valence-corrected chi connectivity index (χ0v) is 14.4. The van der Waals surface area contributed by atoms with Crippen LogP contribution in [0, 0.1) is 20.8 Å². The molecule has 2 aromatic rings. The van der Waals surface area contributed by atoms with Gasteiger partial charge in [0.2, 0.25) is 0 Å². The number of amides is 1. The van der Waals surface area contributed by atoms with Crippen LogP contribution >= 0.6 is 11.3 Å². The van der Waals surface area contributed by atoms with Crippen LogP contribution in [0.1, 0.15) is 57.0 Å². The highest BCUT2D eigenvalue weighted by molar-refractivity contribution is 7.13. The van der Waals surface area contributed by atoms with Gasteiger partial charge in [-0.2, -0.15) is 0 Å². The number of aromatic amines is 1. The topological polar surface area (TPSA) is 74.8 Å². The van der Waals surface area contributed by atoms with E-state index in [2.05, 4.69) is 29.1 Å². The lowest BCUT2D eigenvalue weighted by Gasteiger charge is -2.07. The van der Waals surface area contributed by atoms with Gasteiger partial charge >= 0.3 is 0 Å². The van der Waals surface area contributed by atoms with Gasteiger partial charge in [-0.1, -0.05) is 13.8 Å². The first-order chi connectivity index (χ1) is 10.3. The van der Waals surface area contributed by atoms with Crippen molar-refractivity contribution in [2.24, 2.45) is 0 Å². The van der Waals surface area contributed by atoms with Crippen LogP contribution in [0.4, 0.5) is 0 Å². The summed E-state index contributed by atoms with van der Waals surface area (Å²) in [6, 6.07) is 1.90. The van der Waals surface area contributed by atoms with Crippen molar-refractivity contribution in [2.45, 2.75) is 47.1 Å². The monoisotopic (exact) mass is 319 g/mol. The highest BCUT2D eigenvalue weighted by atomic mass is 32.1. The van der Waals surface area contributed by atoms with Crippen LogP contribution < -0.4 is 10.9 Å². The Morgan fingerprint density at radius 2 is 2.05 bits per heavy atom. The van der Waals surface area contributed by atoms with E-state index in [1.807, 2.05) is 26.8 Å². The molecule has 0 aliphatic carbocycles. The zero-order valence-electron chi connectivity index (χ0n) is 13.5. The summed E-state index contributed by atoms with van der Waals surface area (Å²) >= 11 is 1.41. The van der Waals surface area contributed by atoms with E-state index in [4.69, 9.17) is 0 Å². The Morgan fingerprint density at radius 1 is 1.36 bits per heavy atom. The Bertz CT molecular complexity index is 759. The molecule has 6 heteroatoms. The molecule has 0 aliphatic heterocycles. The first-order valence-electron chi connectivity index (χ1n) is 7.24. The Hall–Kier alpha value is -1.95. The maximum atomic E-state index is 12.3. The summed E-state index contributed by atoms with van der Waals surface area (Å²) in [4.78, 5) is 32.1. The van der Waals surface area contributed by atoms with Crippen molar-refractivity contribution < 1.29 is 4.79 Å². The molecule has 22 heavy (non-hydrogen) atoms. The van der Waals surface area contributed by atoms with Gasteiger partial charge in [0, 0.05) is 23.7 Å². The van der Waals surface area contributed by atoms with Crippen molar-refractivity contribution in [1.82, 2.24) is 15.3 Å². The van der Waals surface area contributed by atoms with Crippen molar-refractivity contribution in [2.75, 3.05) is 0 Å². The highest BCUT2D eigenvalue weighted by Gasteiger charge is 2.17. The van der Waals surface area contributed by atoms with Gasteiger partial charge in [0.15, 0.2) is 0 Å². The summed E-state index contributed by atoms with van der Waals surface area (Å²) in [6.07, 6.45) is 0. The number of carbonyl (C=O) groups is 1. The molecule has 2 aromatic heterocycles. The van der Waals surface area contributed by atoms with Crippen LogP contribution in [-0.4, -0.2) is 15.9 Å². The molecule has 2 rings (SSSR count). The maximum Gasteiger partial charge on any atom is 0.263 e. The SMILES string of the molecule is Cc1cc(C)c(CNC(=O)c2sc(C(C)C)nc2C)c(=O)[nH]1. The zero-order chi connectivity index (χ0) is 16.4. The second-order valence-electron chi connectivity index (χ2n) is 5.75. The van der Waals surface area contributed by atoms with Crippen LogP contribution in [0.2, 0.25) is 0 Å². The Labute approximate surface area is 133 Å². The molecule has 0 bridgehead atoms. The first kappa shape index (κ1) is 16.4. The summed E-state index contributed by atoms with van der Waals surface area (Å²) < 4.78 is 0. The Balaban J connectivity index is 2.16. The van der Waals surface area contributed by atoms with E-state index in [0.717, 1.165) is 22.0 Å². The summed E-state index contributed by atoms with van der Waals surface area (Å²) in [6.45, 7) is 9.86. The van der Waals surface area contributed by atoms with Gasteiger partial charge in [-0.3, -0.25) is 9.59 Å². The van der Waals surface area contributed by atoms with Crippen molar-refractivity contribution in [3.05, 3.63) is 48.8 Å². The predicted molar refractivity (Wildman–Crippen MR) is 88.6 cm³/mol. The number of aromatic nitrogens is 2. The minimum absolute atomic E-state index is 0.151. The van der Waals surface area contributed by atoms with Gasteiger partial charge in [-0.25, -0.2) is 4.98 Å². The summed E-state index contributed by atoms with van der Waals surface area (Å²) in [5.41, 5.74) is 2.87. The fourth-order valence-corrected chi connectivity index (χ4v) is 3.21. The molecule has 0 unspecified atom stereocenters. The van der Waals surface area contributed by atoms with E-state index in [1.165, 1.54) is 11.3 Å². The number of nitrogens with zero attached hydrogens (tertiary/aromatic N) is 1. The largest absolute Gasteiger partial charge is 0.347 e. The lowest BCUT2D eigenvalue weighted by atomic mass is 10.1. The van der Waals surface area contributed by atoms with Crippen LogP contribution in [-0.2, 0) is 6.54 Å². The molecule has 118 valence electrons. The number of thiazole rings is 1. The average molecular weight is 319 g/mol. The number of aryl methyl sites for hydroxylation is 3. The lowest BCUT2D eigenvalue weighted by molar-refractivity contribution is 0.0954. The van der Waals surface area contributed by atoms with Gasteiger partial charge in [0.25, 0.3) is 11.5 Å². The van der Waals surface area contributed by atoms with E-state index >= 15 is 0 Å². The third-order valence-electron chi connectivity index (χ3n) is 3.43. The first-order valence-corrected chi connectivity index (χ1v) is 8.06. The number of nitrogens with one attached hydrogen (secondary N) is 2. The van der Waals surface area contributed by atoms with Crippen LogP contribution in [0.3, 0.4) is 0 Å². The van der Waals surface area contributed by atoms with Gasteiger partial charge < -0.3 is 10.3 Å². The summed E-state index contributed by atoms with van der Waals surface area (Å²) in [7, 11) is 0. The standard InChI is InChI=1S/C16H21N3O2S/c1-8(2)16-19-11(5)13(22-16)15(21)17-7-12-9(3)6-10(4)18-14(12)20/h6,8H,7H2,1-5H3,(H,17,21)(H,18,20). The molecule has 0 radical (unpaired) electrons. The maximum absolute atomic E-state index is 12.3. The van der Waals surface area contributed by atoms with Gasteiger partial charge in [-0.15, -0.1) is 11.3 Å². The lowest BCUT2D eigenvalue weighted by Crippen LogP contribution is -2.27. The number of H-pyrrole nitrogens is 1. The van der Waals surface area contributed by atoms with Crippen molar-refractivity contribution in [3.8, 4) is 0 Å². The molecule has 0 saturated heterocycles. The smallest absolute Gasteiger partial charge is 0.263 e. The Kier molecular flexibility index (Phi) is 4.81. The third-order valence-corrected chi connectivity index (χ3v) is 4.89.